The fourth-order valence-electron chi connectivity index (χ4n) is 1.48. The number of carbonyl (C=O) groups is 3. The molecular formula is C14H18N4O3. The van der Waals surface area contributed by atoms with Crippen LogP contribution in [0.2, 0.25) is 0 Å². The highest BCUT2D eigenvalue weighted by Gasteiger charge is 2.07. The topological polar surface area (TPSA) is 113 Å². The highest BCUT2D eigenvalue weighted by atomic mass is 16.2. The molecule has 0 heterocycles. The number of carbonyl (C=O) groups excluding carboxylic acids is 3. The van der Waals surface area contributed by atoms with Gasteiger partial charge in [-0.3, -0.25) is 9.59 Å². The van der Waals surface area contributed by atoms with Crippen LogP contribution in [0.25, 0.3) is 0 Å². The third-order valence-electron chi connectivity index (χ3n) is 2.45. The van der Waals surface area contributed by atoms with Gasteiger partial charge in [0.15, 0.2) is 0 Å². The molecule has 5 N–H and O–H groups in total. The fourth-order valence-corrected chi connectivity index (χ4v) is 1.48. The van der Waals surface area contributed by atoms with Crippen molar-refractivity contribution in [1.82, 2.24) is 10.6 Å². The van der Waals surface area contributed by atoms with Crippen LogP contribution in [-0.4, -0.2) is 30.9 Å². The predicted molar refractivity (Wildman–Crippen MR) is 79.8 cm³/mol. The van der Waals surface area contributed by atoms with E-state index in [1.165, 1.54) is 6.07 Å². The minimum Gasteiger partial charge on any atom is -0.370 e. The average molecular weight is 290 g/mol. The zero-order chi connectivity index (χ0) is 15.7. The Morgan fingerprint density at radius 3 is 2.67 bits per heavy atom. The first-order valence-electron chi connectivity index (χ1n) is 6.35. The Kier molecular flexibility index (Phi) is 6.46. The summed E-state index contributed by atoms with van der Waals surface area (Å²) in [5, 5.41) is 7.71. The zero-order valence-corrected chi connectivity index (χ0v) is 11.5. The van der Waals surface area contributed by atoms with Gasteiger partial charge in [-0.15, -0.1) is 6.58 Å². The van der Waals surface area contributed by atoms with Gasteiger partial charge in [0.1, 0.15) is 0 Å². The SMILES string of the molecule is C=CCNC(=O)Nc1cccc(C(=O)NCCC(N)=O)c1. The number of amides is 4. The molecule has 1 aromatic rings. The molecule has 1 aromatic carbocycles. The lowest BCUT2D eigenvalue weighted by atomic mass is 10.2. The van der Waals surface area contributed by atoms with E-state index in [-0.39, 0.29) is 24.9 Å². The van der Waals surface area contributed by atoms with Gasteiger partial charge in [0.05, 0.1) is 0 Å². The summed E-state index contributed by atoms with van der Waals surface area (Å²) in [4.78, 5) is 33.9. The lowest BCUT2D eigenvalue weighted by Crippen LogP contribution is -2.29. The van der Waals surface area contributed by atoms with Gasteiger partial charge in [0, 0.05) is 30.8 Å². The Bertz CT molecular complexity index is 543. The normalized spacial score (nSPS) is 9.52. The van der Waals surface area contributed by atoms with Crippen LogP contribution in [0, 0.1) is 0 Å². The van der Waals surface area contributed by atoms with Gasteiger partial charge in [0.25, 0.3) is 5.91 Å². The predicted octanol–water partition coefficient (Wildman–Crippen LogP) is 0.599. The number of benzene rings is 1. The number of primary amides is 1. The van der Waals surface area contributed by atoms with Crippen molar-refractivity contribution in [1.29, 1.82) is 0 Å². The molecule has 0 fully saturated rings. The van der Waals surface area contributed by atoms with Crippen molar-refractivity contribution in [2.24, 2.45) is 5.73 Å². The van der Waals surface area contributed by atoms with E-state index >= 15 is 0 Å². The molecule has 0 aliphatic rings. The summed E-state index contributed by atoms with van der Waals surface area (Å²) in [5.41, 5.74) is 5.85. The van der Waals surface area contributed by atoms with Crippen LogP contribution in [0.5, 0.6) is 0 Å². The molecule has 0 aliphatic carbocycles. The first-order chi connectivity index (χ1) is 10.0. The zero-order valence-electron chi connectivity index (χ0n) is 11.5. The maximum absolute atomic E-state index is 11.8. The summed E-state index contributed by atoms with van der Waals surface area (Å²) in [6.45, 7) is 4.01. The molecule has 0 bridgehead atoms. The van der Waals surface area contributed by atoms with Crippen molar-refractivity contribution in [3.63, 3.8) is 0 Å². The van der Waals surface area contributed by atoms with Crippen molar-refractivity contribution in [3.8, 4) is 0 Å². The van der Waals surface area contributed by atoms with Crippen molar-refractivity contribution >= 4 is 23.5 Å². The van der Waals surface area contributed by atoms with Crippen molar-refractivity contribution in [3.05, 3.63) is 42.5 Å². The van der Waals surface area contributed by atoms with E-state index in [1.807, 2.05) is 0 Å². The van der Waals surface area contributed by atoms with E-state index in [9.17, 15) is 14.4 Å². The maximum atomic E-state index is 11.8. The van der Waals surface area contributed by atoms with E-state index in [4.69, 9.17) is 5.73 Å². The number of nitrogens with two attached hydrogens (primary N) is 1. The number of anilines is 1. The molecule has 0 atom stereocenters. The van der Waals surface area contributed by atoms with Crippen LogP contribution in [0.3, 0.4) is 0 Å². The molecule has 1 rings (SSSR count). The van der Waals surface area contributed by atoms with Crippen molar-refractivity contribution in [2.45, 2.75) is 6.42 Å². The standard InChI is InChI=1S/C14H18N4O3/c1-2-7-17-14(21)18-11-5-3-4-10(9-11)13(20)16-8-6-12(15)19/h2-5,9H,1,6-8H2,(H2,15,19)(H,16,20)(H2,17,18,21). The maximum Gasteiger partial charge on any atom is 0.319 e. The molecule has 0 spiro atoms. The molecule has 112 valence electrons. The van der Waals surface area contributed by atoms with Crippen LogP contribution in [0.15, 0.2) is 36.9 Å². The minimum atomic E-state index is -0.482. The molecular weight excluding hydrogens is 272 g/mol. The Morgan fingerprint density at radius 1 is 1.24 bits per heavy atom. The largest absolute Gasteiger partial charge is 0.370 e. The van der Waals surface area contributed by atoms with Crippen molar-refractivity contribution in [2.75, 3.05) is 18.4 Å². The Labute approximate surface area is 122 Å². The molecule has 21 heavy (non-hydrogen) atoms. The minimum absolute atomic E-state index is 0.0770. The van der Waals surface area contributed by atoms with E-state index in [0.717, 1.165) is 0 Å². The van der Waals surface area contributed by atoms with Gasteiger partial charge < -0.3 is 21.7 Å². The van der Waals surface area contributed by atoms with Gasteiger partial charge in [-0.05, 0) is 18.2 Å². The van der Waals surface area contributed by atoms with E-state index in [0.29, 0.717) is 17.8 Å². The third kappa shape index (κ3) is 6.24. The molecule has 0 radical (unpaired) electrons. The van der Waals surface area contributed by atoms with Gasteiger partial charge in [-0.25, -0.2) is 4.79 Å². The molecule has 0 saturated carbocycles. The Morgan fingerprint density at radius 2 is 2.00 bits per heavy atom. The van der Waals surface area contributed by atoms with Crippen LogP contribution < -0.4 is 21.7 Å². The fraction of sp³-hybridized carbons (Fsp3) is 0.214. The highest BCUT2D eigenvalue weighted by molar-refractivity contribution is 5.97. The quantitative estimate of drug-likeness (QED) is 0.551. The summed E-state index contributed by atoms with van der Waals surface area (Å²) in [5.74, 6) is -0.823. The smallest absolute Gasteiger partial charge is 0.319 e. The van der Waals surface area contributed by atoms with E-state index in [1.54, 1.807) is 24.3 Å². The summed E-state index contributed by atoms with van der Waals surface area (Å²) in [6.07, 6.45) is 1.63. The van der Waals surface area contributed by atoms with Gasteiger partial charge in [0.2, 0.25) is 5.91 Å². The Hall–Kier alpha value is -2.83. The van der Waals surface area contributed by atoms with Crippen LogP contribution >= 0.6 is 0 Å². The van der Waals surface area contributed by atoms with Gasteiger partial charge in [-0.2, -0.15) is 0 Å². The van der Waals surface area contributed by atoms with Crippen LogP contribution in [0.4, 0.5) is 10.5 Å². The number of hydrogen-bond donors (Lipinski definition) is 4. The molecule has 4 amide bonds. The molecule has 0 aromatic heterocycles. The van der Waals surface area contributed by atoms with Crippen molar-refractivity contribution < 1.29 is 14.4 Å². The molecule has 7 heteroatoms. The van der Waals surface area contributed by atoms with E-state index in [2.05, 4.69) is 22.5 Å². The summed E-state index contributed by atoms with van der Waals surface area (Å²) < 4.78 is 0. The summed E-state index contributed by atoms with van der Waals surface area (Å²) in [6, 6.07) is 6.06. The second-order valence-electron chi connectivity index (χ2n) is 4.18. The van der Waals surface area contributed by atoms with Crippen LogP contribution in [0.1, 0.15) is 16.8 Å². The number of nitrogens with one attached hydrogen (secondary N) is 3. The third-order valence-corrected chi connectivity index (χ3v) is 2.45. The summed E-state index contributed by atoms with van der Waals surface area (Å²) >= 11 is 0. The number of urea groups is 1. The highest BCUT2D eigenvalue weighted by Crippen LogP contribution is 2.10. The second-order valence-corrected chi connectivity index (χ2v) is 4.18. The van der Waals surface area contributed by atoms with Crippen LogP contribution in [-0.2, 0) is 4.79 Å². The van der Waals surface area contributed by atoms with Gasteiger partial charge >= 0.3 is 6.03 Å². The molecule has 0 unspecified atom stereocenters. The molecule has 0 aliphatic heterocycles. The number of hydrogen-bond acceptors (Lipinski definition) is 3. The monoisotopic (exact) mass is 290 g/mol. The molecule has 7 nitrogen and oxygen atoms in total. The first kappa shape index (κ1) is 16.2. The lowest BCUT2D eigenvalue weighted by molar-refractivity contribution is -0.117. The first-order valence-corrected chi connectivity index (χ1v) is 6.35. The average Bonchev–Trinajstić information content (AvgIpc) is 2.45. The lowest BCUT2D eigenvalue weighted by Gasteiger charge is -2.08. The van der Waals surface area contributed by atoms with Gasteiger partial charge in [-0.1, -0.05) is 12.1 Å². The molecule has 0 saturated heterocycles. The Balaban J connectivity index is 2.58. The summed E-state index contributed by atoms with van der Waals surface area (Å²) in [7, 11) is 0. The van der Waals surface area contributed by atoms with E-state index < -0.39 is 5.91 Å². The second kappa shape index (κ2) is 8.36. The number of rotatable bonds is 7.